The number of benzene rings is 1. The second-order valence-corrected chi connectivity index (χ2v) is 8.15. The van der Waals surface area contributed by atoms with Crippen molar-refractivity contribution in [2.45, 2.75) is 64.7 Å². The normalized spacial score (nSPS) is 21.3. The van der Waals surface area contributed by atoms with Gasteiger partial charge in [0.1, 0.15) is 24.0 Å². The summed E-state index contributed by atoms with van der Waals surface area (Å²) < 4.78 is 16.5. The number of aliphatic hydroxyl groups is 1. The average Bonchev–Trinajstić information content (AvgIpc) is 2.87. The lowest BCUT2D eigenvalue weighted by Crippen LogP contribution is -2.52. The molecule has 2 N–H and O–H groups in total. The minimum Gasteiger partial charge on any atom is -0.445 e. The number of rotatable bonds is 5. The molecule has 8 heteroatoms. The van der Waals surface area contributed by atoms with Gasteiger partial charge in [-0.2, -0.15) is 0 Å². The van der Waals surface area contributed by atoms with E-state index in [2.05, 4.69) is 5.32 Å². The monoisotopic (exact) mass is 394 g/mol. The Balaban J connectivity index is 1.94. The second kappa shape index (κ2) is 8.79. The van der Waals surface area contributed by atoms with E-state index < -0.39 is 35.7 Å². The van der Waals surface area contributed by atoms with Gasteiger partial charge in [0.05, 0.1) is 12.6 Å². The predicted octanol–water partition coefficient (Wildman–Crippen LogP) is 2.65. The zero-order valence-corrected chi connectivity index (χ0v) is 17.1. The van der Waals surface area contributed by atoms with Crippen LogP contribution in [0.4, 0.5) is 9.59 Å². The number of amides is 2. The van der Waals surface area contributed by atoms with Gasteiger partial charge < -0.3 is 24.6 Å². The quantitative estimate of drug-likeness (QED) is 0.797. The van der Waals surface area contributed by atoms with Crippen LogP contribution < -0.4 is 5.32 Å². The summed E-state index contributed by atoms with van der Waals surface area (Å²) in [6.07, 6.45) is -1.78. The minimum atomic E-state index is -0.990. The highest BCUT2D eigenvalue weighted by atomic mass is 16.6. The molecule has 1 heterocycles. The van der Waals surface area contributed by atoms with Crippen molar-refractivity contribution >= 4 is 12.2 Å². The minimum absolute atomic E-state index is 0.0849. The molecule has 0 aromatic heterocycles. The first-order valence-electron chi connectivity index (χ1n) is 9.29. The summed E-state index contributed by atoms with van der Waals surface area (Å²) in [5.74, 6) is 0. The fraction of sp³-hybridized carbons (Fsp3) is 0.600. The van der Waals surface area contributed by atoms with Crippen LogP contribution in [0.3, 0.4) is 0 Å². The lowest BCUT2D eigenvalue weighted by atomic mass is 10.1. The maximum absolute atomic E-state index is 12.6. The molecule has 2 amide bonds. The maximum atomic E-state index is 12.6. The molecule has 0 aliphatic carbocycles. The molecule has 0 saturated carbocycles. The molecule has 0 spiro atoms. The van der Waals surface area contributed by atoms with Crippen LogP contribution in [-0.2, 0) is 20.8 Å². The molecule has 2 atom stereocenters. The summed E-state index contributed by atoms with van der Waals surface area (Å²) in [5, 5.41) is 12.5. The van der Waals surface area contributed by atoms with Crippen LogP contribution >= 0.6 is 0 Å². The van der Waals surface area contributed by atoms with Crippen molar-refractivity contribution in [2.75, 3.05) is 13.2 Å². The van der Waals surface area contributed by atoms with Crippen molar-refractivity contribution in [1.29, 1.82) is 0 Å². The first kappa shape index (κ1) is 22.0. The standard InChI is InChI=1S/C20H30N2O6/c1-19(2,3)28-18(25)22-15(12-23)16(27-20(22,4)5)11-21-17(24)26-13-14-9-7-6-8-10-14/h6-10,15-16,23H,11-13H2,1-5H3,(H,21,24). The molecule has 1 aromatic carbocycles. The van der Waals surface area contributed by atoms with Crippen LogP contribution in [0, 0.1) is 0 Å². The van der Waals surface area contributed by atoms with Crippen molar-refractivity contribution in [3.63, 3.8) is 0 Å². The zero-order chi connectivity index (χ0) is 20.9. The average molecular weight is 394 g/mol. The third kappa shape index (κ3) is 5.84. The topological polar surface area (TPSA) is 97.3 Å². The lowest BCUT2D eigenvalue weighted by Gasteiger charge is -2.34. The summed E-state index contributed by atoms with van der Waals surface area (Å²) in [4.78, 5) is 25.9. The fourth-order valence-electron chi connectivity index (χ4n) is 3.07. The number of hydrogen-bond donors (Lipinski definition) is 2. The van der Waals surface area contributed by atoms with Gasteiger partial charge in [-0.25, -0.2) is 9.59 Å². The number of carbonyl (C=O) groups is 2. The van der Waals surface area contributed by atoms with E-state index in [1.165, 1.54) is 4.90 Å². The van der Waals surface area contributed by atoms with E-state index in [9.17, 15) is 14.7 Å². The number of ether oxygens (including phenoxy) is 3. The van der Waals surface area contributed by atoms with Gasteiger partial charge in [0, 0.05) is 6.54 Å². The molecular formula is C20H30N2O6. The van der Waals surface area contributed by atoms with E-state index in [4.69, 9.17) is 14.2 Å². The van der Waals surface area contributed by atoms with Crippen molar-refractivity contribution in [1.82, 2.24) is 10.2 Å². The summed E-state index contributed by atoms with van der Waals surface area (Å²) in [7, 11) is 0. The Morgan fingerprint density at radius 3 is 2.46 bits per heavy atom. The molecule has 0 bridgehead atoms. The molecule has 1 aliphatic heterocycles. The molecule has 2 unspecified atom stereocenters. The highest BCUT2D eigenvalue weighted by molar-refractivity contribution is 5.70. The molecule has 156 valence electrons. The smallest absolute Gasteiger partial charge is 0.412 e. The van der Waals surface area contributed by atoms with Crippen molar-refractivity contribution < 1.29 is 28.9 Å². The maximum Gasteiger partial charge on any atom is 0.412 e. The summed E-state index contributed by atoms with van der Waals surface area (Å²) in [5.41, 5.74) is -0.791. The second-order valence-electron chi connectivity index (χ2n) is 8.15. The number of alkyl carbamates (subject to hydrolysis) is 1. The van der Waals surface area contributed by atoms with Crippen LogP contribution in [0.5, 0.6) is 0 Å². The largest absolute Gasteiger partial charge is 0.445 e. The molecule has 1 saturated heterocycles. The molecule has 2 rings (SSSR count). The molecule has 1 aliphatic rings. The van der Waals surface area contributed by atoms with Crippen molar-refractivity contribution in [2.24, 2.45) is 0 Å². The van der Waals surface area contributed by atoms with E-state index >= 15 is 0 Å². The van der Waals surface area contributed by atoms with Crippen LogP contribution in [-0.4, -0.2) is 58.8 Å². The van der Waals surface area contributed by atoms with Gasteiger partial charge in [-0.3, -0.25) is 4.90 Å². The third-order valence-electron chi connectivity index (χ3n) is 4.22. The molecule has 28 heavy (non-hydrogen) atoms. The van der Waals surface area contributed by atoms with E-state index in [1.54, 1.807) is 34.6 Å². The van der Waals surface area contributed by atoms with E-state index in [0.717, 1.165) is 5.56 Å². The number of hydrogen-bond acceptors (Lipinski definition) is 6. The zero-order valence-electron chi connectivity index (χ0n) is 17.1. The molecule has 8 nitrogen and oxygen atoms in total. The lowest BCUT2D eigenvalue weighted by molar-refractivity contribution is -0.0785. The summed E-state index contributed by atoms with van der Waals surface area (Å²) in [6, 6.07) is 8.67. The fourth-order valence-corrected chi connectivity index (χ4v) is 3.07. The molecule has 1 aromatic rings. The number of nitrogens with one attached hydrogen (secondary N) is 1. The van der Waals surface area contributed by atoms with Gasteiger partial charge >= 0.3 is 12.2 Å². The van der Waals surface area contributed by atoms with Gasteiger partial charge in [-0.05, 0) is 40.2 Å². The summed E-state index contributed by atoms with van der Waals surface area (Å²) in [6.45, 7) is 8.65. The van der Waals surface area contributed by atoms with Crippen LogP contribution in [0.15, 0.2) is 30.3 Å². The number of aliphatic hydroxyl groups excluding tert-OH is 1. The van der Waals surface area contributed by atoms with Gasteiger partial charge in [0.2, 0.25) is 0 Å². The highest BCUT2D eigenvalue weighted by Gasteiger charge is 2.51. The van der Waals surface area contributed by atoms with Gasteiger partial charge in [-0.1, -0.05) is 30.3 Å². The Morgan fingerprint density at radius 2 is 1.89 bits per heavy atom. The van der Waals surface area contributed by atoms with Crippen LogP contribution in [0.25, 0.3) is 0 Å². The van der Waals surface area contributed by atoms with Gasteiger partial charge in [0.25, 0.3) is 0 Å². The van der Waals surface area contributed by atoms with Crippen LogP contribution in [0.1, 0.15) is 40.2 Å². The Kier molecular flexibility index (Phi) is 6.90. The van der Waals surface area contributed by atoms with Crippen molar-refractivity contribution in [3.05, 3.63) is 35.9 Å². The first-order valence-corrected chi connectivity index (χ1v) is 9.29. The summed E-state index contributed by atoms with van der Waals surface area (Å²) >= 11 is 0. The third-order valence-corrected chi connectivity index (χ3v) is 4.22. The van der Waals surface area contributed by atoms with Gasteiger partial charge in [-0.15, -0.1) is 0 Å². The molecular weight excluding hydrogens is 364 g/mol. The Labute approximate surface area is 165 Å². The number of nitrogens with zero attached hydrogens (tertiary/aromatic N) is 1. The van der Waals surface area contributed by atoms with E-state index in [-0.39, 0.29) is 19.8 Å². The van der Waals surface area contributed by atoms with E-state index in [1.807, 2.05) is 30.3 Å². The highest BCUT2D eigenvalue weighted by Crippen LogP contribution is 2.33. The Hall–Kier alpha value is -2.32. The molecule has 1 fully saturated rings. The molecule has 0 radical (unpaired) electrons. The SMILES string of the molecule is CC(C)(C)OC(=O)N1C(CO)C(CNC(=O)OCc2ccccc2)OC1(C)C. The van der Waals surface area contributed by atoms with Gasteiger partial charge in [0.15, 0.2) is 0 Å². The Bertz CT molecular complexity index is 671. The number of carbonyl (C=O) groups excluding carboxylic acids is 2. The van der Waals surface area contributed by atoms with Crippen LogP contribution in [0.2, 0.25) is 0 Å². The van der Waals surface area contributed by atoms with Crippen molar-refractivity contribution in [3.8, 4) is 0 Å². The first-order chi connectivity index (χ1) is 13.0. The Morgan fingerprint density at radius 1 is 1.25 bits per heavy atom. The predicted molar refractivity (Wildman–Crippen MR) is 103 cm³/mol. The van der Waals surface area contributed by atoms with E-state index in [0.29, 0.717) is 0 Å².